The van der Waals surface area contributed by atoms with E-state index in [1.54, 1.807) is 32.2 Å². The fraction of sp³-hybridized carbons (Fsp3) is 0.200. The van der Waals surface area contributed by atoms with E-state index in [0.29, 0.717) is 5.82 Å². The molecule has 0 atom stereocenters. The highest BCUT2D eigenvalue weighted by molar-refractivity contribution is 5.93. The quantitative estimate of drug-likeness (QED) is 0.475. The third kappa shape index (κ3) is 4.07. The van der Waals surface area contributed by atoms with Gasteiger partial charge in [-0.25, -0.2) is 4.79 Å². The zero-order valence-corrected chi connectivity index (χ0v) is 12.7. The second-order valence-corrected chi connectivity index (χ2v) is 4.27. The molecule has 0 bridgehead atoms. The van der Waals surface area contributed by atoms with Crippen molar-refractivity contribution in [3.8, 4) is 23.2 Å². The van der Waals surface area contributed by atoms with Gasteiger partial charge in [-0.3, -0.25) is 5.10 Å². The van der Waals surface area contributed by atoms with Gasteiger partial charge in [-0.05, 0) is 31.2 Å². The summed E-state index contributed by atoms with van der Waals surface area (Å²) in [6.07, 6.45) is 1.21. The van der Waals surface area contributed by atoms with Crippen molar-refractivity contribution in [1.82, 2.24) is 15.2 Å². The molecule has 0 saturated carbocycles. The van der Waals surface area contributed by atoms with Crippen molar-refractivity contribution in [2.75, 3.05) is 19.0 Å². The summed E-state index contributed by atoms with van der Waals surface area (Å²) in [5.41, 5.74) is 0.656. The molecule has 23 heavy (non-hydrogen) atoms. The van der Waals surface area contributed by atoms with Crippen LogP contribution >= 0.6 is 0 Å². The van der Waals surface area contributed by atoms with E-state index in [1.807, 2.05) is 12.1 Å². The molecule has 0 fully saturated rings. The number of esters is 1. The number of carbonyl (C=O) groups is 1. The molecule has 2 N–H and O–H groups in total. The standard InChI is InChI=1S/C15H15N5O3/c1-3-23-14(21)11(8-16)9-17-15-18-13(19-20-15)10-4-6-12(22-2)7-5-10/h4-7,9H,3H2,1-2H3,(H2,17,18,19,20)/b11-9+. The van der Waals surface area contributed by atoms with Gasteiger partial charge in [-0.15, -0.1) is 5.10 Å². The molecule has 1 heterocycles. The Kier molecular flexibility index (Phi) is 5.30. The molecular formula is C15H15N5O3. The van der Waals surface area contributed by atoms with Crippen LogP contribution in [0.25, 0.3) is 11.4 Å². The summed E-state index contributed by atoms with van der Waals surface area (Å²) in [5, 5.41) is 18.3. The number of ether oxygens (including phenoxy) is 2. The van der Waals surface area contributed by atoms with Crippen molar-refractivity contribution in [2.24, 2.45) is 0 Å². The third-order valence-corrected chi connectivity index (χ3v) is 2.81. The minimum absolute atomic E-state index is 0.164. The first-order valence-corrected chi connectivity index (χ1v) is 6.78. The molecular weight excluding hydrogens is 298 g/mol. The molecule has 0 spiro atoms. The number of nitrogens with one attached hydrogen (secondary N) is 2. The van der Waals surface area contributed by atoms with Crippen molar-refractivity contribution >= 4 is 11.9 Å². The van der Waals surface area contributed by atoms with Gasteiger partial charge < -0.3 is 14.8 Å². The minimum Gasteiger partial charge on any atom is -0.497 e. The van der Waals surface area contributed by atoms with Gasteiger partial charge in [0.1, 0.15) is 11.8 Å². The number of methoxy groups -OCH3 is 1. The van der Waals surface area contributed by atoms with E-state index in [9.17, 15) is 4.79 Å². The van der Waals surface area contributed by atoms with Crippen LogP contribution in [0.5, 0.6) is 5.75 Å². The van der Waals surface area contributed by atoms with Crippen LogP contribution < -0.4 is 10.1 Å². The van der Waals surface area contributed by atoms with Gasteiger partial charge >= 0.3 is 5.97 Å². The normalized spacial score (nSPS) is 10.7. The van der Waals surface area contributed by atoms with Crippen molar-refractivity contribution in [3.63, 3.8) is 0 Å². The van der Waals surface area contributed by atoms with Crippen LogP contribution in [0.3, 0.4) is 0 Å². The zero-order valence-electron chi connectivity index (χ0n) is 12.7. The molecule has 0 aliphatic carbocycles. The molecule has 8 nitrogen and oxygen atoms in total. The van der Waals surface area contributed by atoms with Gasteiger partial charge in [0.2, 0.25) is 5.95 Å². The van der Waals surface area contributed by atoms with Crippen LogP contribution in [-0.2, 0) is 9.53 Å². The summed E-state index contributed by atoms with van der Waals surface area (Å²) in [7, 11) is 1.59. The zero-order chi connectivity index (χ0) is 16.7. The maximum atomic E-state index is 11.5. The van der Waals surface area contributed by atoms with E-state index in [2.05, 4.69) is 20.5 Å². The fourth-order valence-electron chi connectivity index (χ4n) is 1.69. The third-order valence-electron chi connectivity index (χ3n) is 2.81. The maximum Gasteiger partial charge on any atom is 0.350 e. The van der Waals surface area contributed by atoms with E-state index < -0.39 is 5.97 Å². The Hall–Kier alpha value is -3.34. The molecule has 1 aromatic heterocycles. The van der Waals surface area contributed by atoms with Gasteiger partial charge in [-0.1, -0.05) is 0 Å². The lowest BCUT2D eigenvalue weighted by Gasteiger charge is -2.00. The monoisotopic (exact) mass is 313 g/mol. The van der Waals surface area contributed by atoms with Crippen LogP contribution in [0.2, 0.25) is 0 Å². The van der Waals surface area contributed by atoms with Crippen LogP contribution in [0.15, 0.2) is 36.0 Å². The summed E-state index contributed by atoms with van der Waals surface area (Å²) in [6, 6.07) is 9.03. The molecule has 0 saturated heterocycles. The molecule has 0 radical (unpaired) electrons. The number of nitriles is 1. The predicted octanol–water partition coefficient (Wildman–Crippen LogP) is 1.86. The molecule has 2 rings (SSSR count). The van der Waals surface area contributed by atoms with Crippen molar-refractivity contribution in [2.45, 2.75) is 6.92 Å². The first-order chi connectivity index (χ1) is 11.2. The lowest BCUT2D eigenvalue weighted by Crippen LogP contribution is -2.08. The molecule has 8 heteroatoms. The minimum atomic E-state index is -0.701. The number of H-pyrrole nitrogens is 1. The van der Waals surface area contributed by atoms with Gasteiger partial charge in [0.25, 0.3) is 0 Å². The van der Waals surface area contributed by atoms with Gasteiger partial charge in [-0.2, -0.15) is 10.2 Å². The van der Waals surface area contributed by atoms with Crippen LogP contribution in [0.4, 0.5) is 5.95 Å². The first-order valence-electron chi connectivity index (χ1n) is 6.78. The van der Waals surface area contributed by atoms with E-state index in [0.717, 1.165) is 11.3 Å². The number of nitrogens with zero attached hydrogens (tertiary/aromatic N) is 3. The number of rotatable bonds is 6. The second kappa shape index (κ2) is 7.61. The van der Waals surface area contributed by atoms with E-state index in [4.69, 9.17) is 14.7 Å². The highest BCUT2D eigenvalue weighted by Crippen LogP contribution is 2.19. The highest BCUT2D eigenvalue weighted by atomic mass is 16.5. The number of carbonyl (C=O) groups excluding carboxylic acids is 1. The first kappa shape index (κ1) is 16.0. The molecule has 118 valence electrons. The van der Waals surface area contributed by atoms with E-state index in [-0.39, 0.29) is 18.1 Å². The summed E-state index contributed by atoms with van der Waals surface area (Å²) in [6.45, 7) is 1.86. The van der Waals surface area contributed by atoms with Crippen LogP contribution in [-0.4, -0.2) is 34.9 Å². The average molecular weight is 313 g/mol. The molecule has 1 aromatic carbocycles. The Balaban J connectivity index is 2.09. The van der Waals surface area contributed by atoms with Crippen molar-refractivity contribution < 1.29 is 14.3 Å². The summed E-state index contributed by atoms with van der Waals surface area (Å²) >= 11 is 0. The Morgan fingerprint density at radius 1 is 1.43 bits per heavy atom. The fourth-order valence-corrected chi connectivity index (χ4v) is 1.69. The predicted molar refractivity (Wildman–Crippen MR) is 82.3 cm³/mol. The lowest BCUT2D eigenvalue weighted by atomic mass is 10.2. The largest absolute Gasteiger partial charge is 0.497 e. The number of hydrogen-bond acceptors (Lipinski definition) is 7. The number of hydrogen-bond donors (Lipinski definition) is 2. The molecule has 0 unspecified atom stereocenters. The Bertz CT molecular complexity index is 743. The molecule has 0 amide bonds. The topological polar surface area (TPSA) is 113 Å². The Labute approximate surface area is 132 Å². The Morgan fingerprint density at radius 2 is 2.17 bits per heavy atom. The highest BCUT2D eigenvalue weighted by Gasteiger charge is 2.10. The Morgan fingerprint density at radius 3 is 2.78 bits per heavy atom. The second-order valence-electron chi connectivity index (χ2n) is 4.27. The number of aromatic nitrogens is 3. The van der Waals surface area contributed by atoms with Gasteiger partial charge in [0.05, 0.1) is 13.7 Å². The van der Waals surface area contributed by atoms with Gasteiger partial charge in [0.15, 0.2) is 11.4 Å². The van der Waals surface area contributed by atoms with Gasteiger partial charge in [0, 0.05) is 11.8 Å². The SMILES string of the molecule is CCOC(=O)/C(C#N)=C/Nc1n[nH]c(-c2ccc(OC)cc2)n1. The summed E-state index contributed by atoms with van der Waals surface area (Å²) in [4.78, 5) is 15.7. The summed E-state index contributed by atoms with van der Waals surface area (Å²) < 4.78 is 9.84. The molecule has 2 aromatic rings. The summed E-state index contributed by atoms with van der Waals surface area (Å²) in [5.74, 6) is 0.808. The number of aromatic amines is 1. The smallest absolute Gasteiger partial charge is 0.350 e. The van der Waals surface area contributed by atoms with Crippen molar-refractivity contribution in [3.05, 3.63) is 36.0 Å². The van der Waals surface area contributed by atoms with E-state index >= 15 is 0 Å². The van der Waals surface area contributed by atoms with Crippen molar-refractivity contribution in [1.29, 1.82) is 5.26 Å². The van der Waals surface area contributed by atoms with E-state index in [1.165, 1.54) is 6.20 Å². The average Bonchev–Trinajstić information content (AvgIpc) is 3.05. The molecule has 0 aliphatic heterocycles. The number of benzene rings is 1. The van der Waals surface area contributed by atoms with Crippen LogP contribution in [0, 0.1) is 11.3 Å². The molecule has 0 aliphatic rings. The number of anilines is 1. The van der Waals surface area contributed by atoms with Crippen LogP contribution in [0.1, 0.15) is 6.92 Å². The maximum absolute atomic E-state index is 11.5. The lowest BCUT2D eigenvalue weighted by molar-refractivity contribution is -0.138.